The van der Waals surface area contributed by atoms with Gasteiger partial charge in [-0.2, -0.15) is 4.72 Å². The molecule has 0 radical (unpaired) electrons. The maximum atomic E-state index is 13.5. The number of sulfonamides is 1. The van der Waals surface area contributed by atoms with E-state index in [-0.39, 0.29) is 23.0 Å². The lowest BCUT2D eigenvalue weighted by molar-refractivity contribution is -0.117. The molecule has 3 aromatic carbocycles. The van der Waals surface area contributed by atoms with Crippen molar-refractivity contribution in [2.45, 2.75) is 37.1 Å². The number of carbonyl (C=O) groups is 1. The van der Waals surface area contributed by atoms with Crippen LogP contribution in [0.4, 0.5) is 5.69 Å². The summed E-state index contributed by atoms with van der Waals surface area (Å²) in [5.74, 6) is 0.710. The SMILES string of the molecule is COc1ccc(NC(=O)C(Cc2ccccc2)NS(=O)(=O)c2cc(C(C)C)ccc2OC)c(OC)c1. The van der Waals surface area contributed by atoms with Gasteiger partial charge in [-0.15, -0.1) is 0 Å². The predicted molar refractivity (Wildman–Crippen MR) is 140 cm³/mol. The number of hydrogen-bond acceptors (Lipinski definition) is 6. The molecular formula is C27H32N2O6S. The summed E-state index contributed by atoms with van der Waals surface area (Å²) in [6.07, 6.45) is 0.135. The van der Waals surface area contributed by atoms with Crippen LogP contribution in [0.25, 0.3) is 0 Å². The molecule has 0 saturated carbocycles. The summed E-state index contributed by atoms with van der Waals surface area (Å²) in [5, 5.41) is 2.79. The van der Waals surface area contributed by atoms with Crippen molar-refractivity contribution in [2.24, 2.45) is 0 Å². The average molecular weight is 513 g/mol. The van der Waals surface area contributed by atoms with E-state index in [4.69, 9.17) is 14.2 Å². The van der Waals surface area contributed by atoms with Gasteiger partial charge in [0.2, 0.25) is 15.9 Å². The molecule has 8 nitrogen and oxygen atoms in total. The standard InChI is InChI=1S/C27H32N2O6S/c1-18(2)20-11-14-24(34-4)26(16-20)36(31,32)29-23(15-19-9-7-6-8-10-19)27(30)28-22-13-12-21(33-3)17-25(22)35-5/h6-14,16-18,23,29H,15H2,1-5H3,(H,28,30). The molecule has 1 atom stereocenters. The molecule has 9 heteroatoms. The molecule has 0 heterocycles. The van der Waals surface area contributed by atoms with E-state index in [0.29, 0.717) is 17.2 Å². The minimum atomic E-state index is -4.13. The fraction of sp³-hybridized carbons (Fsp3) is 0.296. The first-order valence-corrected chi connectivity index (χ1v) is 12.9. The smallest absolute Gasteiger partial charge is 0.245 e. The summed E-state index contributed by atoms with van der Waals surface area (Å²) in [6.45, 7) is 3.94. The van der Waals surface area contributed by atoms with Crippen LogP contribution in [0, 0.1) is 0 Å². The fourth-order valence-electron chi connectivity index (χ4n) is 3.67. The van der Waals surface area contributed by atoms with Crippen molar-refractivity contribution < 1.29 is 27.4 Å². The topological polar surface area (TPSA) is 103 Å². The zero-order valence-corrected chi connectivity index (χ0v) is 21.9. The quantitative estimate of drug-likeness (QED) is 0.396. The molecule has 3 rings (SSSR count). The largest absolute Gasteiger partial charge is 0.497 e. The van der Waals surface area contributed by atoms with E-state index in [2.05, 4.69) is 10.0 Å². The van der Waals surface area contributed by atoms with E-state index in [1.165, 1.54) is 21.3 Å². The van der Waals surface area contributed by atoms with E-state index in [9.17, 15) is 13.2 Å². The number of carbonyl (C=O) groups excluding carboxylic acids is 1. The Morgan fingerprint density at radius 1 is 0.861 bits per heavy atom. The zero-order chi connectivity index (χ0) is 26.3. The maximum Gasteiger partial charge on any atom is 0.245 e. The van der Waals surface area contributed by atoms with Crippen LogP contribution in [0.2, 0.25) is 0 Å². The molecule has 0 aromatic heterocycles. The second-order valence-electron chi connectivity index (χ2n) is 8.48. The molecule has 2 N–H and O–H groups in total. The molecule has 0 bridgehead atoms. The maximum absolute atomic E-state index is 13.5. The molecule has 0 fully saturated rings. The summed E-state index contributed by atoms with van der Waals surface area (Å²) in [4.78, 5) is 13.4. The number of amides is 1. The Bertz CT molecular complexity index is 1290. The Balaban J connectivity index is 1.97. The summed E-state index contributed by atoms with van der Waals surface area (Å²) in [6, 6.07) is 18.1. The van der Waals surface area contributed by atoms with Crippen molar-refractivity contribution in [1.82, 2.24) is 4.72 Å². The van der Waals surface area contributed by atoms with Crippen molar-refractivity contribution in [3.05, 3.63) is 77.9 Å². The van der Waals surface area contributed by atoms with Gasteiger partial charge in [0.05, 0.1) is 27.0 Å². The third-order valence-electron chi connectivity index (χ3n) is 5.71. The molecule has 192 valence electrons. The lowest BCUT2D eigenvalue weighted by Crippen LogP contribution is -2.45. The van der Waals surface area contributed by atoms with Crippen molar-refractivity contribution in [3.8, 4) is 17.2 Å². The predicted octanol–water partition coefficient (Wildman–Crippen LogP) is 4.36. The number of benzene rings is 3. The van der Waals surface area contributed by atoms with Gasteiger partial charge in [-0.05, 0) is 47.7 Å². The van der Waals surface area contributed by atoms with Gasteiger partial charge in [0, 0.05) is 6.07 Å². The van der Waals surface area contributed by atoms with Crippen LogP contribution in [-0.4, -0.2) is 41.7 Å². The van der Waals surface area contributed by atoms with Gasteiger partial charge in [-0.25, -0.2) is 8.42 Å². The minimum absolute atomic E-state index is 0.0240. The Morgan fingerprint density at radius 3 is 2.17 bits per heavy atom. The summed E-state index contributed by atoms with van der Waals surface area (Å²) in [7, 11) is 0.284. The monoisotopic (exact) mass is 512 g/mol. The Morgan fingerprint density at radius 2 is 1.56 bits per heavy atom. The number of hydrogen-bond donors (Lipinski definition) is 2. The molecule has 1 amide bonds. The van der Waals surface area contributed by atoms with Crippen LogP contribution in [-0.2, 0) is 21.2 Å². The average Bonchev–Trinajstić information content (AvgIpc) is 2.88. The summed E-state index contributed by atoms with van der Waals surface area (Å²) < 4.78 is 45.6. The van der Waals surface area contributed by atoms with Crippen LogP contribution >= 0.6 is 0 Å². The highest BCUT2D eigenvalue weighted by molar-refractivity contribution is 7.89. The molecule has 0 aliphatic rings. The molecule has 0 aliphatic carbocycles. The van der Waals surface area contributed by atoms with Gasteiger partial charge in [0.25, 0.3) is 0 Å². The molecule has 3 aromatic rings. The number of anilines is 1. The normalized spacial score (nSPS) is 12.2. The third kappa shape index (κ3) is 6.56. The molecule has 0 spiro atoms. The van der Waals surface area contributed by atoms with Crippen LogP contribution in [0.3, 0.4) is 0 Å². The lowest BCUT2D eigenvalue weighted by atomic mass is 10.0. The van der Waals surface area contributed by atoms with Gasteiger partial charge in [0.1, 0.15) is 28.2 Å². The molecule has 0 aliphatic heterocycles. The number of nitrogens with one attached hydrogen (secondary N) is 2. The minimum Gasteiger partial charge on any atom is -0.497 e. The van der Waals surface area contributed by atoms with Crippen LogP contribution in [0.15, 0.2) is 71.6 Å². The highest BCUT2D eigenvalue weighted by Crippen LogP contribution is 2.30. The van der Waals surface area contributed by atoms with Crippen molar-refractivity contribution in [1.29, 1.82) is 0 Å². The van der Waals surface area contributed by atoms with Crippen LogP contribution in [0.5, 0.6) is 17.2 Å². The first-order chi connectivity index (χ1) is 17.2. The van der Waals surface area contributed by atoms with E-state index in [1.807, 2.05) is 50.2 Å². The van der Waals surface area contributed by atoms with E-state index < -0.39 is 22.0 Å². The number of ether oxygens (including phenoxy) is 3. The second kappa shape index (κ2) is 11.9. The summed E-state index contributed by atoms with van der Waals surface area (Å²) in [5.41, 5.74) is 2.02. The Kier molecular flexibility index (Phi) is 8.95. The fourth-order valence-corrected chi connectivity index (χ4v) is 5.07. The van der Waals surface area contributed by atoms with Gasteiger partial charge >= 0.3 is 0 Å². The third-order valence-corrected chi connectivity index (χ3v) is 7.20. The second-order valence-corrected chi connectivity index (χ2v) is 10.2. The lowest BCUT2D eigenvalue weighted by Gasteiger charge is -2.21. The van der Waals surface area contributed by atoms with Gasteiger partial charge in [-0.3, -0.25) is 4.79 Å². The van der Waals surface area contributed by atoms with Crippen molar-refractivity contribution >= 4 is 21.6 Å². The highest BCUT2D eigenvalue weighted by atomic mass is 32.2. The molecule has 1 unspecified atom stereocenters. The van der Waals surface area contributed by atoms with Crippen molar-refractivity contribution in [2.75, 3.05) is 26.6 Å². The first kappa shape index (κ1) is 27.0. The van der Waals surface area contributed by atoms with E-state index in [0.717, 1.165) is 11.1 Å². The van der Waals surface area contributed by atoms with Gasteiger partial charge < -0.3 is 19.5 Å². The van der Waals surface area contributed by atoms with Gasteiger partial charge in [-0.1, -0.05) is 50.2 Å². The number of methoxy groups -OCH3 is 3. The molecule has 36 heavy (non-hydrogen) atoms. The van der Waals surface area contributed by atoms with E-state index >= 15 is 0 Å². The Hall–Kier alpha value is -3.56. The van der Waals surface area contributed by atoms with Gasteiger partial charge in [0.15, 0.2) is 0 Å². The van der Waals surface area contributed by atoms with E-state index in [1.54, 1.807) is 30.3 Å². The van der Waals surface area contributed by atoms with Crippen LogP contribution < -0.4 is 24.2 Å². The Labute approximate surface area is 212 Å². The highest BCUT2D eigenvalue weighted by Gasteiger charge is 2.29. The molecular weight excluding hydrogens is 480 g/mol. The van der Waals surface area contributed by atoms with Crippen LogP contribution in [0.1, 0.15) is 30.9 Å². The molecule has 0 saturated heterocycles. The zero-order valence-electron chi connectivity index (χ0n) is 21.1. The summed E-state index contributed by atoms with van der Waals surface area (Å²) >= 11 is 0. The van der Waals surface area contributed by atoms with Crippen molar-refractivity contribution in [3.63, 3.8) is 0 Å². The number of rotatable bonds is 11. The first-order valence-electron chi connectivity index (χ1n) is 11.5.